The second kappa shape index (κ2) is 5.72. The van der Waals surface area contributed by atoms with E-state index in [2.05, 4.69) is 43.7 Å². The average molecular weight is 362 g/mol. The minimum atomic E-state index is 0.885. The molecule has 1 heterocycles. The molecule has 1 aliphatic heterocycles. The van der Waals surface area contributed by atoms with Gasteiger partial charge < -0.3 is 5.73 Å². The van der Waals surface area contributed by atoms with Crippen LogP contribution in [-0.2, 0) is 6.54 Å². The summed E-state index contributed by atoms with van der Waals surface area (Å²) in [7, 11) is 0. The monoisotopic (exact) mass is 360 g/mol. The Labute approximate surface area is 120 Å². The molecule has 0 spiro atoms. The highest BCUT2D eigenvalue weighted by molar-refractivity contribution is 9.11. The normalized spacial score (nSPS) is 17.4. The van der Waals surface area contributed by atoms with E-state index in [0.717, 1.165) is 21.2 Å². The topological polar surface area (TPSA) is 29.3 Å². The quantitative estimate of drug-likeness (QED) is 0.804. The number of anilines is 1. The van der Waals surface area contributed by atoms with Crippen molar-refractivity contribution in [3.8, 4) is 0 Å². The van der Waals surface area contributed by atoms with Gasteiger partial charge in [-0.25, -0.2) is 0 Å². The van der Waals surface area contributed by atoms with Gasteiger partial charge in [-0.15, -0.1) is 0 Å². The molecular formula is C13H18Br2N2. The molecule has 0 bridgehead atoms. The van der Waals surface area contributed by atoms with Gasteiger partial charge in [0.1, 0.15) is 0 Å². The van der Waals surface area contributed by atoms with Crippen molar-refractivity contribution >= 4 is 37.5 Å². The number of likely N-dealkylation sites (tertiary alicyclic amines) is 1. The van der Waals surface area contributed by atoms with Crippen LogP contribution < -0.4 is 5.73 Å². The zero-order valence-corrected chi connectivity index (χ0v) is 13.3. The molecule has 2 rings (SSSR count). The van der Waals surface area contributed by atoms with Gasteiger partial charge >= 0.3 is 0 Å². The Morgan fingerprint density at radius 3 is 2.47 bits per heavy atom. The molecule has 0 aromatic heterocycles. The first-order valence-electron chi connectivity index (χ1n) is 6.05. The van der Waals surface area contributed by atoms with Gasteiger partial charge in [0.15, 0.2) is 0 Å². The maximum Gasteiger partial charge on any atom is 0.0507 e. The van der Waals surface area contributed by atoms with Gasteiger partial charge in [0.05, 0.1) is 5.69 Å². The predicted molar refractivity (Wildman–Crippen MR) is 80.1 cm³/mol. The third-order valence-electron chi connectivity index (χ3n) is 3.48. The van der Waals surface area contributed by atoms with Crippen molar-refractivity contribution < 1.29 is 0 Å². The van der Waals surface area contributed by atoms with Crippen LogP contribution in [0.1, 0.15) is 30.4 Å². The summed E-state index contributed by atoms with van der Waals surface area (Å²) in [6.45, 7) is 5.49. The van der Waals surface area contributed by atoms with Gasteiger partial charge in [0, 0.05) is 15.5 Å². The highest BCUT2D eigenvalue weighted by Gasteiger charge is 2.16. The number of piperidine rings is 1. The smallest absolute Gasteiger partial charge is 0.0507 e. The first-order chi connectivity index (χ1) is 8.09. The van der Waals surface area contributed by atoms with Crippen LogP contribution in [0, 0.1) is 6.92 Å². The van der Waals surface area contributed by atoms with Crippen LogP contribution >= 0.6 is 31.9 Å². The highest BCUT2D eigenvalue weighted by Crippen LogP contribution is 2.33. The van der Waals surface area contributed by atoms with Crippen molar-refractivity contribution in [1.82, 2.24) is 4.90 Å². The fourth-order valence-electron chi connectivity index (χ4n) is 2.33. The third-order valence-corrected chi connectivity index (χ3v) is 4.96. The lowest BCUT2D eigenvalue weighted by atomic mass is 10.0. The van der Waals surface area contributed by atoms with Crippen LogP contribution in [0.3, 0.4) is 0 Å². The van der Waals surface area contributed by atoms with Gasteiger partial charge in [0.2, 0.25) is 0 Å². The van der Waals surface area contributed by atoms with E-state index in [1.54, 1.807) is 0 Å². The summed E-state index contributed by atoms with van der Waals surface area (Å²) >= 11 is 7.11. The molecule has 2 N–H and O–H groups in total. The van der Waals surface area contributed by atoms with E-state index < -0.39 is 0 Å². The number of nitrogens with two attached hydrogens (primary N) is 1. The van der Waals surface area contributed by atoms with Crippen LogP contribution in [-0.4, -0.2) is 18.0 Å². The van der Waals surface area contributed by atoms with Gasteiger partial charge in [-0.3, -0.25) is 4.90 Å². The number of rotatable bonds is 2. The van der Waals surface area contributed by atoms with E-state index >= 15 is 0 Å². The summed E-state index contributed by atoms with van der Waals surface area (Å²) in [6, 6.07) is 2.03. The van der Waals surface area contributed by atoms with E-state index in [9.17, 15) is 0 Å². The minimum absolute atomic E-state index is 0.885. The predicted octanol–water partition coefficient (Wildman–Crippen LogP) is 4.09. The number of hydrogen-bond donors (Lipinski definition) is 1. The maximum atomic E-state index is 6.18. The molecule has 0 unspecified atom stereocenters. The SMILES string of the molecule is Cc1c(Br)cc(Br)c(N)c1CN1CCCCC1. The number of halogens is 2. The minimum Gasteiger partial charge on any atom is -0.398 e. The standard InChI is InChI=1S/C13H18Br2N2/c1-9-10(8-17-5-3-2-4-6-17)13(16)12(15)7-11(9)14/h7H,2-6,8,16H2,1H3. The molecule has 1 aromatic carbocycles. The summed E-state index contributed by atoms with van der Waals surface area (Å²) in [6.07, 6.45) is 4.00. The summed E-state index contributed by atoms with van der Waals surface area (Å²) in [5.41, 5.74) is 9.58. The Bertz CT molecular complexity index is 386. The van der Waals surface area contributed by atoms with Crippen molar-refractivity contribution in [2.45, 2.75) is 32.7 Å². The van der Waals surface area contributed by atoms with Crippen LogP contribution in [0.15, 0.2) is 15.0 Å². The van der Waals surface area contributed by atoms with Crippen molar-refractivity contribution in [2.24, 2.45) is 0 Å². The second-order valence-electron chi connectivity index (χ2n) is 4.69. The molecular weight excluding hydrogens is 344 g/mol. The van der Waals surface area contributed by atoms with Crippen LogP contribution in [0.25, 0.3) is 0 Å². The molecule has 0 aliphatic carbocycles. The molecule has 0 amide bonds. The third kappa shape index (κ3) is 3.04. The lowest BCUT2D eigenvalue weighted by molar-refractivity contribution is 0.221. The molecule has 4 heteroatoms. The number of benzene rings is 1. The number of hydrogen-bond acceptors (Lipinski definition) is 2. The van der Waals surface area contributed by atoms with Crippen molar-refractivity contribution in [1.29, 1.82) is 0 Å². The lowest BCUT2D eigenvalue weighted by Gasteiger charge is -2.28. The largest absolute Gasteiger partial charge is 0.398 e. The number of nitrogens with zero attached hydrogens (tertiary/aromatic N) is 1. The fourth-order valence-corrected chi connectivity index (χ4v) is 3.58. The molecule has 94 valence electrons. The van der Waals surface area contributed by atoms with Crippen molar-refractivity contribution in [3.05, 3.63) is 26.1 Å². The number of nitrogen functional groups attached to an aromatic ring is 1. The molecule has 0 saturated carbocycles. The van der Waals surface area contributed by atoms with E-state index in [-0.39, 0.29) is 0 Å². The van der Waals surface area contributed by atoms with E-state index in [1.165, 1.54) is 43.5 Å². The molecule has 1 aliphatic rings. The fraction of sp³-hybridized carbons (Fsp3) is 0.538. The molecule has 1 saturated heterocycles. The Morgan fingerprint density at radius 2 is 1.82 bits per heavy atom. The van der Waals surface area contributed by atoms with Crippen LogP contribution in [0.2, 0.25) is 0 Å². The highest BCUT2D eigenvalue weighted by atomic mass is 79.9. The average Bonchev–Trinajstić information content (AvgIpc) is 2.33. The van der Waals surface area contributed by atoms with Crippen molar-refractivity contribution in [3.63, 3.8) is 0 Å². The van der Waals surface area contributed by atoms with Crippen LogP contribution in [0.5, 0.6) is 0 Å². The zero-order valence-electron chi connectivity index (χ0n) is 10.1. The van der Waals surface area contributed by atoms with Gasteiger partial charge in [-0.1, -0.05) is 22.4 Å². The van der Waals surface area contributed by atoms with Gasteiger partial charge in [-0.2, -0.15) is 0 Å². The molecule has 0 atom stereocenters. The molecule has 17 heavy (non-hydrogen) atoms. The Balaban J connectivity index is 2.24. The summed E-state index contributed by atoms with van der Waals surface area (Å²) < 4.78 is 2.12. The van der Waals surface area contributed by atoms with E-state index in [4.69, 9.17) is 5.73 Å². The molecule has 1 aromatic rings. The first-order valence-corrected chi connectivity index (χ1v) is 7.63. The van der Waals surface area contributed by atoms with Gasteiger partial charge in [-0.05, 0) is 66.0 Å². The lowest BCUT2D eigenvalue weighted by Crippen LogP contribution is -2.29. The van der Waals surface area contributed by atoms with Crippen molar-refractivity contribution in [2.75, 3.05) is 18.8 Å². The molecule has 2 nitrogen and oxygen atoms in total. The summed E-state index contributed by atoms with van der Waals surface area (Å²) in [4.78, 5) is 2.50. The summed E-state index contributed by atoms with van der Waals surface area (Å²) in [5.74, 6) is 0. The molecule has 1 fully saturated rings. The van der Waals surface area contributed by atoms with E-state index in [1.807, 2.05) is 6.07 Å². The first kappa shape index (κ1) is 13.4. The molecule has 0 radical (unpaired) electrons. The van der Waals surface area contributed by atoms with Crippen LogP contribution in [0.4, 0.5) is 5.69 Å². The Morgan fingerprint density at radius 1 is 1.18 bits per heavy atom. The zero-order chi connectivity index (χ0) is 12.4. The summed E-state index contributed by atoms with van der Waals surface area (Å²) in [5, 5.41) is 0. The Hall–Kier alpha value is -0.0600. The van der Waals surface area contributed by atoms with E-state index in [0.29, 0.717) is 0 Å². The maximum absolute atomic E-state index is 6.18. The van der Waals surface area contributed by atoms with Gasteiger partial charge in [0.25, 0.3) is 0 Å². The Kier molecular flexibility index (Phi) is 4.50. The second-order valence-corrected chi connectivity index (χ2v) is 6.40.